The van der Waals surface area contributed by atoms with E-state index in [9.17, 15) is 9.90 Å². The number of nitrogens with zero attached hydrogens (tertiary/aromatic N) is 1. The predicted molar refractivity (Wildman–Crippen MR) is 74.2 cm³/mol. The van der Waals surface area contributed by atoms with Crippen molar-refractivity contribution in [1.29, 1.82) is 0 Å². The van der Waals surface area contributed by atoms with E-state index in [4.69, 9.17) is 5.73 Å². The third-order valence-corrected chi connectivity index (χ3v) is 2.78. The molecular formula is C14H15N3O2. The molecule has 0 aliphatic carbocycles. The van der Waals surface area contributed by atoms with Gasteiger partial charge in [-0.2, -0.15) is 0 Å². The SMILES string of the molecule is Cc1ccc(O)c(NC(=O)c2ccc(N)c(C)c2)n1. The molecule has 2 rings (SSSR count). The van der Waals surface area contributed by atoms with E-state index in [0.29, 0.717) is 16.9 Å². The molecule has 0 spiro atoms. The van der Waals surface area contributed by atoms with Gasteiger partial charge in [-0.1, -0.05) is 0 Å². The summed E-state index contributed by atoms with van der Waals surface area (Å²) >= 11 is 0. The molecular weight excluding hydrogens is 242 g/mol. The lowest BCUT2D eigenvalue weighted by molar-refractivity contribution is 0.102. The lowest BCUT2D eigenvalue weighted by atomic mass is 10.1. The fraction of sp³-hybridized carbons (Fsp3) is 0.143. The van der Waals surface area contributed by atoms with Gasteiger partial charge < -0.3 is 16.2 Å². The van der Waals surface area contributed by atoms with Gasteiger partial charge in [0.1, 0.15) is 0 Å². The number of anilines is 2. The van der Waals surface area contributed by atoms with Crippen LogP contribution in [0.3, 0.4) is 0 Å². The Morgan fingerprint density at radius 2 is 2.00 bits per heavy atom. The molecule has 0 fully saturated rings. The first-order valence-electron chi connectivity index (χ1n) is 5.81. The summed E-state index contributed by atoms with van der Waals surface area (Å²) in [4.78, 5) is 16.1. The third kappa shape index (κ3) is 2.82. The molecule has 5 heteroatoms. The van der Waals surface area contributed by atoms with Crippen LogP contribution < -0.4 is 11.1 Å². The molecule has 19 heavy (non-hydrogen) atoms. The highest BCUT2D eigenvalue weighted by molar-refractivity contribution is 6.04. The maximum absolute atomic E-state index is 12.0. The zero-order valence-electron chi connectivity index (χ0n) is 10.8. The standard InChI is InChI=1S/C14H15N3O2/c1-8-7-10(4-5-11(8)15)14(19)17-13-12(18)6-3-9(2)16-13/h3-7,18H,15H2,1-2H3,(H,16,17,19). The molecule has 1 aromatic carbocycles. The minimum absolute atomic E-state index is 0.0638. The van der Waals surface area contributed by atoms with Crippen molar-refractivity contribution in [2.75, 3.05) is 11.1 Å². The molecule has 0 radical (unpaired) electrons. The van der Waals surface area contributed by atoms with Crippen molar-refractivity contribution in [1.82, 2.24) is 4.98 Å². The van der Waals surface area contributed by atoms with E-state index in [1.165, 1.54) is 6.07 Å². The molecule has 2 aromatic rings. The Balaban J connectivity index is 2.25. The molecule has 4 N–H and O–H groups in total. The Labute approximate surface area is 111 Å². The lowest BCUT2D eigenvalue weighted by Gasteiger charge is -2.08. The molecule has 1 aromatic heterocycles. The van der Waals surface area contributed by atoms with Crippen LogP contribution in [0.5, 0.6) is 5.75 Å². The molecule has 0 bridgehead atoms. The van der Waals surface area contributed by atoms with Crippen molar-refractivity contribution in [3.63, 3.8) is 0 Å². The number of pyridine rings is 1. The van der Waals surface area contributed by atoms with Gasteiger partial charge in [0.15, 0.2) is 11.6 Å². The average Bonchev–Trinajstić information content (AvgIpc) is 2.37. The van der Waals surface area contributed by atoms with E-state index in [-0.39, 0.29) is 17.5 Å². The molecule has 0 saturated heterocycles. The monoisotopic (exact) mass is 257 g/mol. The number of hydrogen-bond acceptors (Lipinski definition) is 4. The minimum Gasteiger partial charge on any atom is -0.504 e. The first kappa shape index (κ1) is 12.9. The molecule has 5 nitrogen and oxygen atoms in total. The molecule has 0 aliphatic heterocycles. The van der Waals surface area contributed by atoms with Gasteiger partial charge in [-0.15, -0.1) is 0 Å². The average molecular weight is 257 g/mol. The van der Waals surface area contributed by atoms with Crippen molar-refractivity contribution in [2.45, 2.75) is 13.8 Å². The molecule has 0 atom stereocenters. The van der Waals surface area contributed by atoms with E-state index in [0.717, 1.165) is 5.56 Å². The van der Waals surface area contributed by atoms with Crippen LogP contribution in [0.25, 0.3) is 0 Å². The highest BCUT2D eigenvalue weighted by Crippen LogP contribution is 2.21. The largest absolute Gasteiger partial charge is 0.504 e. The second kappa shape index (κ2) is 4.97. The van der Waals surface area contributed by atoms with Crippen LogP contribution in [0.4, 0.5) is 11.5 Å². The molecule has 0 unspecified atom stereocenters. The summed E-state index contributed by atoms with van der Waals surface area (Å²) < 4.78 is 0. The van der Waals surface area contributed by atoms with Gasteiger partial charge >= 0.3 is 0 Å². The number of hydrogen-bond donors (Lipinski definition) is 3. The molecule has 0 aliphatic rings. The van der Waals surface area contributed by atoms with Crippen LogP contribution in [0.1, 0.15) is 21.6 Å². The summed E-state index contributed by atoms with van der Waals surface area (Å²) in [6.45, 7) is 3.61. The Bertz CT molecular complexity index is 639. The minimum atomic E-state index is -0.337. The van der Waals surface area contributed by atoms with Gasteiger partial charge in [-0.05, 0) is 49.7 Å². The Morgan fingerprint density at radius 1 is 1.26 bits per heavy atom. The number of nitrogens with two attached hydrogens (primary N) is 1. The Kier molecular flexibility index (Phi) is 3.37. The Morgan fingerprint density at radius 3 is 2.68 bits per heavy atom. The van der Waals surface area contributed by atoms with Crippen LogP contribution in [0.2, 0.25) is 0 Å². The van der Waals surface area contributed by atoms with E-state index in [1.807, 2.05) is 6.92 Å². The zero-order chi connectivity index (χ0) is 14.0. The second-order valence-corrected chi connectivity index (χ2v) is 4.35. The van der Waals surface area contributed by atoms with Gasteiger partial charge in [-0.25, -0.2) is 4.98 Å². The van der Waals surface area contributed by atoms with Gasteiger partial charge in [0.2, 0.25) is 0 Å². The Hall–Kier alpha value is -2.56. The maximum atomic E-state index is 12.0. The fourth-order valence-electron chi connectivity index (χ4n) is 1.64. The van der Waals surface area contributed by atoms with E-state index >= 15 is 0 Å². The molecule has 0 saturated carbocycles. The van der Waals surface area contributed by atoms with Gasteiger partial charge in [0, 0.05) is 16.9 Å². The van der Waals surface area contributed by atoms with Crippen LogP contribution in [0.15, 0.2) is 30.3 Å². The number of nitrogen functional groups attached to an aromatic ring is 1. The first-order valence-corrected chi connectivity index (χ1v) is 5.81. The first-order chi connectivity index (χ1) is 8.97. The number of nitrogens with one attached hydrogen (secondary N) is 1. The summed E-state index contributed by atoms with van der Waals surface area (Å²) in [6, 6.07) is 8.15. The molecule has 98 valence electrons. The predicted octanol–water partition coefficient (Wildman–Crippen LogP) is 2.24. The number of aromatic hydroxyl groups is 1. The maximum Gasteiger partial charge on any atom is 0.256 e. The highest BCUT2D eigenvalue weighted by Gasteiger charge is 2.11. The van der Waals surface area contributed by atoms with Crippen molar-refractivity contribution < 1.29 is 9.90 Å². The zero-order valence-corrected chi connectivity index (χ0v) is 10.8. The van der Waals surface area contributed by atoms with Gasteiger partial charge in [0.25, 0.3) is 5.91 Å². The number of benzene rings is 1. The second-order valence-electron chi connectivity index (χ2n) is 4.35. The van der Waals surface area contributed by atoms with E-state index < -0.39 is 0 Å². The number of aryl methyl sites for hydroxylation is 2. The van der Waals surface area contributed by atoms with Crippen LogP contribution >= 0.6 is 0 Å². The third-order valence-electron chi connectivity index (χ3n) is 2.78. The lowest BCUT2D eigenvalue weighted by Crippen LogP contribution is -2.13. The van der Waals surface area contributed by atoms with Crippen LogP contribution in [-0.4, -0.2) is 16.0 Å². The number of carbonyl (C=O) groups excluding carboxylic acids is 1. The van der Waals surface area contributed by atoms with Crippen molar-refractivity contribution in [2.24, 2.45) is 0 Å². The summed E-state index contributed by atoms with van der Waals surface area (Å²) in [6.07, 6.45) is 0. The van der Waals surface area contributed by atoms with Crippen molar-refractivity contribution >= 4 is 17.4 Å². The quantitative estimate of drug-likeness (QED) is 0.720. The smallest absolute Gasteiger partial charge is 0.256 e. The number of aromatic nitrogens is 1. The summed E-state index contributed by atoms with van der Waals surface area (Å²) in [7, 11) is 0. The van der Waals surface area contributed by atoms with E-state index in [2.05, 4.69) is 10.3 Å². The fourth-order valence-corrected chi connectivity index (χ4v) is 1.64. The van der Waals surface area contributed by atoms with Crippen molar-refractivity contribution in [3.8, 4) is 5.75 Å². The number of carbonyl (C=O) groups is 1. The summed E-state index contributed by atoms with van der Waals surface area (Å²) in [5.41, 5.74) is 8.34. The van der Waals surface area contributed by atoms with Gasteiger partial charge in [-0.3, -0.25) is 4.79 Å². The molecule has 1 amide bonds. The van der Waals surface area contributed by atoms with Crippen LogP contribution in [0, 0.1) is 13.8 Å². The highest BCUT2D eigenvalue weighted by atomic mass is 16.3. The number of amides is 1. The van der Waals surface area contributed by atoms with E-state index in [1.54, 1.807) is 31.2 Å². The van der Waals surface area contributed by atoms with Crippen LogP contribution in [-0.2, 0) is 0 Å². The van der Waals surface area contributed by atoms with Crippen molar-refractivity contribution in [3.05, 3.63) is 47.2 Å². The normalized spacial score (nSPS) is 10.2. The number of rotatable bonds is 2. The summed E-state index contributed by atoms with van der Waals surface area (Å²) in [5, 5.41) is 12.2. The molecule has 1 heterocycles. The summed E-state index contributed by atoms with van der Waals surface area (Å²) in [5.74, 6) is -0.248. The van der Waals surface area contributed by atoms with Gasteiger partial charge in [0.05, 0.1) is 0 Å². The topological polar surface area (TPSA) is 88.2 Å².